The minimum absolute atomic E-state index is 0.184. The van der Waals surface area contributed by atoms with E-state index in [1.807, 2.05) is 18.2 Å². The second-order valence-corrected chi connectivity index (χ2v) is 6.71. The predicted octanol–water partition coefficient (Wildman–Crippen LogP) is 2.51. The monoisotopic (exact) mass is 347 g/mol. The fourth-order valence-corrected chi connectivity index (χ4v) is 2.96. The average molecular weight is 347 g/mol. The summed E-state index contributed by atoms with van der Waals surface area (Å²) in [6.45, 7) is 0.343. The van der Waals surface area contributed by atoms with E-state index in [-0.39, 0.29) is 5.91 Å². The molecular formula is C18H21NO4S. The van der Waals surface area contributed by atoms with Crippen LogP contribution in [-0.4, -0.2) is 30.6 Å². The molecule has 1 amide bonds. The highest BCUT2D eigenvalue weighted by atomic mass is 32.2. The van der Waals surface area contributed by atoms with Gasteiger partial charge in [-0.15, -0.1) is 0 Å². The van der Waals surface area contributed by atoms with Crippen molar-refractivity contribution in [2.45, 2.75) is 12.3 Å². The highest BCUT2D eigenvalue weighted by Gasteiger charge is 2.10. The summed E-state index contributed by atoms with van der Waals surface area (Å²) in [6.07, 6.45) is 1.64. The quantitative estimate of drug-likeness (QED) is 0.836. The molecule has 0 saturated heterocycles. The molecule has 1 atom stereocenters. The molecule has 2 rings (SSSR count). The molecule has 2 aromatic rings. The molecule has 128 valence electrons. The Kier molecular flexibility index (Phi) is 6.37. The van der Waals surface area contributed by atoms with Crippen molar-refractivity contribution >= 4 is 16.7 Å². The fraction of sp³-hybridized carbons (Fsp3) is 0.278. The van der Waals surface area contributed by atoms with Gasteiger partial charge in [0.25, 0.3) is 5.91 Å². The molecule has 0 radical (unpaired) electrons. The molecule has 0 aliphatic rings. The first-order valence-electron chi connectivity index (χ1n) is 7.41. The van der Waals surface area contributed by atoms with E-state index in [1.54, 1.807) is 44.7 Å². The molecule has 0 aliphatic carbocycles. The second-order valence-electron chi connectivity index (χ2n) is 5.28. The third kappa shape index (κ3) is 4.83. The van der Waals surface area contributed by atoms with Crippen molar-refractivity contribution < 1.29 is 18.5 Å². The van der Waals surface area contributed by atoms with E-state index in [2.05, 4.69) is 5.32 Å². The Morgan fingerprint density at radius 3 is 2.58 bits per heavy atom. The molecule has 0 fully saturated rings. The number of methoxy groups -OCH3 is 2. The number of carbonyl (C=O) groups is 1. The number of nitrogens with one attached hydrogen (secondary N) is 1. The maximum Gasteiger partial charge on any atom is 0.251 e. The van der Waals surface area contributed by atoms with Crippen molar-refractivity contribution in [3.05, 3.63) is 59.2 Å². The van der Waals surface area contributed by atoms with E-state index in [9.17, 15) is 9.00 Å². The molecule has 0 spiro atoms. The number of hydrogen-bond acceptors (Lipinski definition) is 4. The van der Waals surface area contributed by atoms with E-state index >= 15 is 0 Å². The summed E-state index contributed by atoms with van der Waals surface area (Å²) < 4.78 is 21.8. The summed E-state index contributed by atoms with van der Waals surface area (Å²) in [5.74, 6) is 1.61. The molecule has 0 bridgehead atoms. The number of amides is 1. The minimum atomic E-state index is -0.939. The zero-order chi connectivity index (χ0) is 17.5. The van der Waals surface area contributed by atoms with Gasteiger partial charge in [-0.1, -0.05) is 12.1 Å². The zero-order valence-corrected chi connectivity index (χ0v) is 14.8. The Labute approximate surface area is 144 Å². The molecule has 5 nitrogen and oxygen atoms in total. The van der Waals surface area contributed by atoms with Gasteiger partial charge in [-0.3, -0.25) is 9.00 Å². The van der Waals surface area contributed by atoms with Crippen LogP contribution < -0.4 is 14.8 Å². The third-order valence-electron chi connectivity index (χ3n) is 3.49. The Hall–Kier alpha value is -2.34. The summed E-state index contributed by atoms with van der Waals surface area (Å²) in [5, 5.41) is 2.87. The van der Waals surface area contributed by atoms with Gasteiger partial charge in [-0.25, -0.2) is 0 Å². The van der Waals surface area contributed by atoms with Gasteiger partial charge in [0.1, 0.15) is 11.5 Å². The molecule has 2 aromatic carbocycles. The van der Waals surface area contributed by atoms with Gasteiger partial charge >= 0.3 is 0 Å². The standard InChI is InChI=1S/C18H21NO4S/c1-22-16-8-7-15(17(10-16)23-2)11-19-18(20)14-6-4-5-13(9-14)12-24(3)21/h4-10H,11-12H2,1-3H3,(H,19,20). The molecule has 24 heavy (non-hydrogen) atoms. The van der Waals surface area contributed by atoms with Gasteiger partial charge < -0.3 is 14.8 Å². The molecule has 0 heterocycles. The van der Waals surface area contributed by atoms with Crippen LogP contribution in [0.25, 0.3) is 0 Å². The van der Waals surface area contributed by atoms with Crippen molar-refractivity contribution in [3.8, 4) is 11.5 Å². The predicted molar refractivity (Wildman–Crippen MR) is 94.9 cm³/mol. The fourth-order valence-electron chi connectivity index (χ4n) is 2.31. The van der Waals surface area contributed by atoms with Crippen LogP contribution in [-0.2, 0) is 23.1 Å². The lowest BCUT2D eigenvalue weighted by Gasteiger charge is -2.11. The van der Waals surface area contributed by atoms with Crippen molar-refractivity contribution in [1.29, 1.82) is 0 Å². The Bertz CT molecular complexity index is 746. The lowest BCUT2D eigenvalue weighted by molar-refractivity contribution is 0.0950. The Morgan fingerprint density at radius 2 is 1.92 bits per heavy atom. The van der Waals surface area contributed by atoms with Gasteiger partial charge in [0.15, 0.2) is 0 Å². The van der Waals surface area contributed by atoms with E-state index in [1.165, 1.54) is 0 Å². The lowest BCUT2D eigenvalue weighted by Crippen LogP contribution is -2.23. The normalized spacial score (nSPS) is 11.6. The van der Waals surface area contributed by atoms with E-state index in [0.717, 1.165) is 11.1 Å². The van der Waals surface area contributed by atoms with Gasteiger partial charge in [-0.05, 0) is 29.8 Å². The number of carbonyl (C=O) groups excluding carboxylic acids is 1. The number of hydrogen-bond donors (Lipinski definition) is 1. The molecule has 1 unspecified atom stereocenters. The molecule has 0 saturated carbocycles. The Balaban J connectivity index is 2.07. The summed E-state index contributed by atoms with van der Waals surface area (Å²) in [7, 11) is 2.23. The van der Waals surface area contributed by atoms with Gasteiger partial charge in [0.2, 0.25) is 0 Å². The van der Waals surface area contributed by atoms with Gasteiger partial charge in [-0.2, -0.15) is 0 Å². The molecule has 0 aliphatic heterocycles. The average Bonchev–Trinajstić information content (AvgIpc) is 2.59. The second kappa shape index (κ2) is 8.49. The van der Waals surface area contributed by atoms with Gasteiger partial charge in [0.05, 0.1) is 14.2 Å². The first-order chi connectivity index (χ1) is 11.5. The highest BCUT2D eigenvalue weighted by Crippen LogP contribution is 2.24. The summed E-state index contributed by atoms with van der Waals surface area (Å²) in [5.41, 5.74) is 2.29. The zero-order valence-electron chi connectivity index (χ0n) is 14.0. The van der Waals surface area contributed by atoms with E-state index in [4.69, 9.17) is 9.47 Å². The number of rotatable bonds is 7. The number of benzene rings is 2. The van der Waals surface area contributed by atoms with Crippen LogP contribution in [0.4, 0.5) is 0 Å². The van der Waals surface area contributed by atoms with Crippen LogP contribution in [0.15, 0.2) is 42.5 Å². The van der Waals surface area contributed by atoms with E-state index < -0.39 is 10.8 Å². The van der Waals surface area contributed by atoms with Crippen LogP contribution in [0.3, 0.4) is 0 Å². The third-order valence-corrected chi connectivity index (χ3v) is 4.23. The van der Waals surface area contributed by atoms with Crippen LogP contribution in [0.5, 0.6) is 11.5 Å². The maximum absolute atomic E-state index is 12.3. The molecule has 1 N–H and O–H groups in total. The summed E-state index contributed by atoms with van der Waals surface area (Å²) >= 11 is 0. The first-order valence-corrected chi connectivity index (χ1v) is 9.14. The van der Waals surface area contributed by atoms with Crippen molar-refractivity contribution in [2.75, 3.05) is 20.5 Å². The smallest absolute Gasteiger partial charge is 0.251 e. The molecule has 6 heteroatoms. The maximum atomic E-state index is 12.3. The summed E-state index contributed by atoms with van der Waals surface area (Å²) in [4.78, 5) is 12.3. The van der Waals surface area contributed by atoms with Crippen molar-refractivity contribution in [1.82, 2.24) is 5.32 Å². The SMILES string of the molecule is COc1ccc(CNC(=O)c2cccc(CS(C)=O)c2)c(OC)c1. The van der Waals surface area contributed by atoms with Crippen LogP contribution in [0, 0.1) is 0 Å². The number of ether oxygens (including phenoxy) is 2. The summed E-state index contributed by atoms with van der Waals surface area (Å²) in [6, 6.07) is 12.6. The van der Waals surface area contributed by atoms with Gasteiger partial charge in [0, 0.05) is 46.5 Å². The molecular weight excluding hydrogens is 326 g/mol. The Morgan fingerprint density at radius 1 is 1.12 bits per heavy atom. The van der Waals surface area contributed by atoms with Crippen molar-refractivity contribution in [2.24, 2.45) is 0 Å². The van der Waals surface area contributed by atoms with E-state index in [0.29, 0.717) is 29.4 Å². The van der Waals surface area contributed by atoms with Crippen LogP contribution in [0.2, 0.25) is 0 Å². The van der Waals surface area contributed by atoms with Crippen LogP contribution in [0.1, 0.15) is 21.5 Å². The largest absolute Gasteiger partial charge is 0.497 e. The first kappa shape index (κ1) is 18.0. The highest BCUT2D eigenvalue weighted by molar-refractivity contribution is 7.83. The van der Waals surface area contributed by atoms with Crippen LogP contribution >= 0.6 is 0 Å². The van der Waals surface area contributed by atoms with Crippen molar-refractivity contribution in [3.63, 3.8) is 0 Å². The minimum Gasteiger partial charge on any atom is -0.497 e. The topological polar surface area (TPSA) is 64.6 Å². The molecule has 0 aromatic heterocycles. The lowest BCUT2D eigenvalue weighted by atomic mass is 10.1.